The van der Waals surface area contributed by atoms with Crippen LogP contribution in [0.1, 0.15) is 5.56 Å². The van der Waals surface area contributed by atoms with Crippen LogP contribution in [0.2, 0.25) is 0 Å². The van der Waals surface area contributed by atoms with Gasteiger partial charge < -0.3 is 5.73 Å². The molecule has 0 unspecified atom stereocenters. The number of nitrogen functional groups attached to an aromatic ring is 1. The van der Waals surface area contributed by atoms with E-state index in [1.807, 2.05) is 42.5 Å². The average Bonchev–Trinajstić information content (AvgIpc) is 2.69. The SMILES string of the molecule is Cc1ccc(-c2cc(-c3ccccc3)nc(-c3ccc(N)cc3)c2)cc1. The van der Waals surface area contributed by atoms with Crippen molar-refractivity contribution < 1.29 is 0 Å². The molecule has 0 spiro atoms. The minimum absolute atomic E-state index is 0.756. The number of nitrogens with two attached hydrogens (primary N) is 1. The van der Waals surface area contributed by atoms with Crippen molar-refractivity contribution in [1.29, 1.82) is 0 Å². The Bertz CT molecular complexity index is 954. The Morgan fingerprint density at radius 3 is 1.73 bits per heavy atom. The Morgan fingerprint density at radius 1 is 0.577 bits per heavy atom. The second kappa shape index (κ2) is 6.85. The Hall–Kier alpha value is -3.39. The molecule has 0 aliphatic rings. The van der Waals surface area contributed by atoms with Crippen molar-refractivity contribution in [3.8, 4) is 33.6 Å². The van der Waals surface area contributed by atoms with Gasteiger partial charge in [-0.15, -0.1) is 0 Å². The maximum atomic E-state index is 5.84. The zero-order chi connectivity index (χ0) is 17.9. The molecule has 0 saturated heterocycles. The van der Waals surface area contributed by atoms with Gasteiger partial charge in [0.05, 0.1) is 11.4 Å². The molecule has 3 aromatic carbocycles. The van der Waals surface area contributed by atoms with Crippen LogP contribution in [0.3, 0.4) is 0 Å². The van der Waals surface area contributed by atoms with Gasteiger partial charge in [-0.2, -0.15) is 0 Å². The van der Waals surface area contributed by atoms with Crippen molar-refractivity contribution in [1.82, 2.24) is 4.98 Å². The highest BCUT2D eigenvalue weighted by atomic mass is 14.7. The van der Waals surface area contributed by atoms with E-state index >= 15 is 0 Å². The number of benzene rings is 3. The molecule has 1 heterocycles. The standard InChI is InChI=1S/C24H20N2/c1-17-7-9-18(10-8-17)21-15-23(19-5-3-2-4-6-19)26-24(16-21)20-11-13-22(25)14-12-20/h2-16H,25H2,1H3. The van der Waals surface area contributed by atoms with Crippen molar-refractivity contribution in [3.05, 3.63) is 96.6 Å². The summed E-state index contributed by atoms with van der Waals surface area (Å²) in [5.41, 5.74) is 14.3. The van der Waals surface area contributed by atoms with Gasteiger partial charge in [0, 0.05) is 16.8 Å². The van der Waals surface area contributed by atoms with Gasteiger partial charge in [-0.3, -0.25) is 0 Å². The van der Waals surface area contributed by atoms with Gasteiger partial charge in [0.15, 0.2) is 0 Å². The summed E-state index contributed by atoms with van der Waals surface area (Å²) in [7, 11) is 0. The molecule has 0 bridgehead atoms. The van der Waals surface area contributed by atoms with E-state index in [1.165, 1.54) is 11.1 Å². The second-order valence-electron chi connectivity index (χ2n) is 6.48. The zero-order valence-electron chi connectivity index (χ0n) is 14.7. The highest BCUT2D eigenvalue weighted by Crippen LogP contribution is 2.30. The number of pyridine rings is 1. The van der Waals surface area contributed by atoms with E-state index in [-0.39, 0.29) is 0 Å². The van der Waals surface area contributed by atoms with E-state index in [4.69, 9.17) is 10.7 Å². The minimum Gasteiger partial charge on any atom is -0.399 e. The van der Waals surface area contributed by atoms with Crippen molar-refractivity contribution in [2.75, 3.05) is 5.73 Å². The maximum Gasteiger partial charge on any atom is 0.0715 e. The lowest BCUT2D eigenvalue weighted by atomic mass is 9.99. The highest BCUT2D eigenvalue weighted by Gasteiger charge is 2.08. The summed E-state index contributed by atoms with van der Waals surface area (Å²) < 4.78 is 0. The van der Waals surface area contributed by atoms with E-state index in [9.17, 15) is 0 Å². The minimum atomic E-state index is 0.756. The van der Waals surface area contributed by atoms with Gasteiger partial charge in [0.2, 0.25) is 0 Å². The van der Waals surface area contributed by atoms with Crippen LogP contribution < -0.4 is 5.73 Å². The number of anilines is 1. The molecule has 0 aliphatic carbocycles. The van der Waals surface area contributed by atoms with Crippen LogP contribution in [0.15, 0.2) is 91.0 Å². The summed E-state index contributed by atoms with van der Waals surface area (Å²) in [6.45, 7) is 2.10. The van der Waals surface area contributed by atoms with Gasteiger partial charge in [0.1, 0.15) is 0 Å². The summed E-state index contributed by atoms with van der Waals surface area (Å²) >= 11 is 0. The van der Waals surface area contributed by atoms with Crippen molar-refractivity contribution >= 4 is 5.69 Å². The second-order valence-corrected chi connectivity index (χ2v) is 6.48. The molecule has 1 aromatic heterocycles. The van der Waals surface area contributed by atoms with Gasteiger partial charge in [-0.1, -0.05) is 72.3 Å². The van der Waals surface area contributed by atoms with Crippen molar-refractivity contribution in [2.24, 2.45) is 0 Å². The predicted molar refractivity (Wildman–Crippen MR) is 110 cm³/mol. The normalized spacial score (nSPS) is 10.7. The summed E-state index contributed by atoms with van der Waals surface area (Å²) in [6, 6.07) is 31.0. The highest BCUT2D eigenvalue weighted by molar-refractivity contribution is 5.77. The van der Waals surface area contributed by atoms with E-state index < -0.39 is 0 Å². The number of aromatic nitrogens is 1. The average molecular weight is 336 g/mol. The first kappa shape index (κ1) is 16.1. The quantitative estimate of drug-likeness (QED) is 0.468. The molecule has 2 N–H and O–H groups in total. The third-order valence-electron chi connectivity index (χ3n) is 4.49. The summed E-state index contributed by atoms with van der Waals surface area (Å²) in [4.78, 5) is 4.91. The molecule has 126 valence electrons. The number of hydrogen-bond acceptors (Lipinski definition) is 2. The van der Waals surface area contributed by atoms with Crippen LogP contribution in [0.4, 0.5) is 5.69 Å². The smallest absolute Gasteiger partial charge is 0.0715 e. The van der Waals surface area contributed by atoms with Crippen LogP contribution in [0.5, 0.6) is 0 Å². The Kier molecular flexibility index (Phi) is 4.24. The van der Waals surface area contributed by atoms with Gasteiger partial charge in [0.25, 0.3) is 0 Å². The number of nitrogens with zero attached hydrogens (tertiary/aromatic N) is 1. The molecule has 2 heteroatoms. The van der Waals surface area contributed by atoms with Gasteiger partial charge >= 0.3 is 0 Å². The molecule has 2 nitrogen and oxygen atoms in total. The first-order valence-electron chi connectivity index (χ1n) is 8.69. The Morgan fingerprint density at radius 2 is 1.12 bits per heavy atom. The zero-order valence-corrected chi connectivity index (χ0v) is 14.7. The molecule has 4 rings (SSSR count). The lowest BCUT2D eigenvalue weighted by molar-refractivity contribution is 1.32. The monoisotopic (exact) mass is 336 g/mol. The van der Waals surface area contributed by atoms with Crippen molar-refractivity contribution in [3.63, 3.8) is 0 Å². The maximum absolute atomic E-state index is 5.84. The molecule has 0 radical (unpaired) electrons. The summed E-state index contributed by atoms with van der Waals surface area (Å²) in [5, 5.41) is 0. The van der Waals surface area contributed by atoms with Crippen LogP contribution in [-0.2, 0) is 0 Å². The number of aryl methyl sites for hydroxylation is 1. The lowest BCUT2D eigenvalue weighted by Gasteiger charge is -2.11. The predicted octanol–water partition coefficient (Wildman–Crippen LogP) is 5.97. The largest absolute Gasteiger partial charge is 0.399 e. The first-order chi connectivity index (χ1) is 12.7. The van der Waals surface area contributed by atoms with Crippen LogP contribution in [-0.4, -0.2) is 4.98 Å². The number of rotatable bonds is 3. The Balaban J connectivity index is 1.89. The van der Waals surface area contributed by atoms with Crippen molar-refractivity contribution in [2.45, 2.75) is 6.92 Å². The molecule has 0 amide bonds. The van der Waals surface area contributed by atoms with Crippen LogP contribution >= 0.6 is 0 Å². The van der Waals surface area contributed by atoms with Crippen LogP contribution in [0, 0.1) is 6.92 Å². The molecule has 26 heavy (non-hydrogen) atoms. The fourth-order valence-corrected chi connectivity index (χ4v) is 3.00. The molecule has 4 aromatic rings. The molecule has 0 fully saturated rings. The van der Waals surface area contributed by atoms with E-state index in [2.05, 4.69) is 55.5 Å². The van der Waals surface area contributed by atoms with Crippen LogP contribution in [0.25, 0.3) is 33.6 Å². The first-order valence-corrected chi connectivity index (χ1v) is 8.69. The van der Waals surface area contributed by atoms with E-state index in [0.717, 1.165) is 33.8 Å². The number of hydrogen-bond donors (Lipinski definition) is 1. The third-order valence-corrected chi connectivity index (χ3v) is 4.49. The molecule has 0 atom stereocenters. The molecule has 0 saturated carbocycles. The van der Waals surface area contributed by atoms with E-state index in [1.54, 1.807) is 0 Å². The topological polar surface area (TPSA) is 38.9 Å². The molecular formula is C24H20N2. The Labute approximate surface area is 154 Å². The molecule has 0 aliphatic heterocycles. The fraction of sp³-hybridized carbons (Fsp3) is 0.0417. The van der Waals surface area contributed by atoms with Gasteiger partial charge in [-0.25, -0.2) is 4.98 Å². The fourth-order valence-electron chi connectivity index (χ4n) is 3.00. The third kappa shape index (κ3) is 3.35. The van der Waals surface area contributed by atoms with Gasteiger partial charge in [-0.05, 0) is 42.3 Å². The summed E-state index contributed by atoms with van der Waals surface area (Å²) in [6.07, 6.45) is 0. The molecular weight excluding hydrogens is 316 g/mol. The lowest BCUT2D eigenvalue weighted by Crippen LogP contribution is -1.92. The summed E-state index contributed by atoms with van der Waals surface area (Å²) in [5.74, 6) is 0. The van der Waals surface area contributed by atoms with E-state index in [0.29, 0.717) is 0 Å².